The molecule has 14 heavy (non-hydrogen) atoms. The number of hydrogen-bond acceptors (Lipinski definition) is 3. The molecule has 0 spiro atoms. The van der Waals surface area contributed by atoms with Gasteiger partial charge in [0, 0.05) is 10.3 Å². The van der Waals surface area contributed by atoms with Crippen LogP contribution >= 0.6 is 34.7 Å². The molecule has 0 saturated heterocycles. The van der Waals surface area contributed by atoms with E-state index >= 15 is 0 Å². The van der Waals surface area contributed by atoms with Crippen LogP contribution in [0.2, 0.25) is 5.02 Å². The maximum atomic E-state index is 6.11. The van der Waals surface area contributed by atoms with Crippen LogP contribution in [0.3, 0.4) is 0 Å². The van der Waals surface area contributed by atoms with E-state index in [1.165, 1.54) is 9.60 Å². The third kappa shape index (κ3) is 1.49. The predicted molar refractivity (Wildman–Crippen MR) is 65.2 cm³/mol. The first kappa shape index (κ1) is 10.1. The van der Waals surface area contributed by atoms with E-state index in [0.717, 1.165) is 11.1 Å². The van der Waals surface area contributed by atoms with Crippen LogP contribution in [0, 0.1) is 0 Å². The van der Waals surface area contributed by atoms with E-state index < -0.39 is 0 Å². The maximum absolute atomic E-state index is 6.11. The minimum Gasteiger partial charge on any atom is -0.495 e. The number of halogens is 1. The molecule has 0 aliphatic carbocycles. The van der Waals surface area contributed by atoms with Gasteiger partial charge in [0.15, 0.2) is 0 Å². The third-order valence-electron chi connectivity index (χ3n) is 2.03. The van der Waals surface area contributed by atoms with E-state index in [-0.39, 0.29) is 0 Å². The monoisotopic (exact) mass is 244 g/mol. The van der Waals surface area contributed by atoms with Crippen molar-refractivity contribution in [2.24, 2.45) is 0 Å². The number of hydrogen-bond donors (Lipinski definition) is 0. The lowest BCUT2D eigenvalue weighted by molar-refractivity contribution is 0.420. The van der Waals surface area contributed by atoms with Crippen molar-refractivity contribution < 1.29 is 4.74 Å². The van der Waals surface area contributed by atoms with Crippen LogP contribution in [0.1, 0.15) is 0 Å². The van der Waals surface area contributed by atoms with E-state index in [1.807, 2.05) is 12.1 Å². The van der Waals surface area contributed by atoms with Crippen molar-refractivity contribution in [2.45, 2.75) is 4.90 Å². The number of thiophene rings is 1. The van der Waals surface area contributed by atoms with Crippen LogP contribution in [-0.4, -0.2) is 13.4 Å². The first-order valence-corrected chi connectivity index (χ1v) is 6.54. The summed E-state index contributed by atoms with van der Waals surface area (Å²) in [6.45, 7) is 0. The number of fused-ring (bicyclic) bond motifs is 1. The van der Waals surface area contributed by atoms with Crippen molar-refractivity contribution in [3.05, 3.63) is 22.5 Å². The molecule has 2 rings (SSSR count). The second kappa shape index (κ2) is 4.01. The van der Waals surface area contributed by atoms with Crippen LogP contribution in [0.15, 0.2) is 22.4 Å². The minimum atomic E-state index is 0.683. The molecule has 74 valence electrons. The summed E-state index contributed by atoms with van der Waals surface area (Å²) in [5.74, 6) is 0.778. The topological polar surface area (TPSA) is 9.23 Å². The number of thioether (sulfide) groups is 1. The summed E-state index contributed by atoms with van der Waals surface area (Å²) >= 11 is 9.53. The highest BCUT2D eigenvalue weighted by Gasteiger charge is 2.11. The number of ether oxygens (including phenoxy) is 1. The van der Waals surface area contributed by atoms with Crippen LogP contribution in [0.25, 0.3) is 10.1 Å². The largest absolute Gasteiger partial charge is 0.495 e. The Labute approximate surface area is 96.0 Å². The molecule has 0 N–H and O–H groups in total. The molecule has 0 atom stereocenters. The van der Waals surface area contributed by atoms with E-state index in [1.54, 1.807) is 30.2 Å². The molecule has 0 bridgehead atoms. The fourth-order valence-corrected chi connectivity index (χ4v) is 3.49. The average Bonchev–Trinajstić information content (AvgIpc) is 2.65. The van der Waals surface area contributed by atoms with Gasteiger partial charge in [-0.25, -0.2) is 0 Å². The smallest absolute Gasteiger partial charge is 0.146 e. The van der Waals surface area contributed by atoms with Crippen molar-refractivity contribution in [3.63, 3.8) is 0 Å². The summed E-state index contributed by atoms with van der Waals surface area (Å²) in [4.78, 5) is 1.21. The van der Waals surface area contributed by atoms with Gasteiger partial charge in [-0.3, -0.25) is 0 Å². The SMILES string of the molecule is COc1c(Cl)cc(SC)c2sccc12. The molecule has 0 saturated carbocycles. The molecule has 0 aliphatic heterocycles. The lowest BCUT2D eigenvalue weighted by Gasteiger charge is -2.07. The van der Waals surface area contributed by atoms with Crippen LogP contribution < -0.4 is 4.74 Å². The van der Waals surface area contributed by atoms with Crippen molar-refractivity contribution in [1.29, 1.82) is 0 Å². The van der Waals surface area contributed by atoms with Crippen LogP contribution in [0.4, 0.5) is 0 Å². The predicted octanol–water partition coefficient (Wildman–Crippen LogP) is 4.29. The molecule has 1 heterocycles. The Morgan fingerprint density at radius 1 is 1.50 bits per heavy atom. The Morgan fingerprint density at radius 2 is 2.29 bits per heavy atom. The molecule has 1 aromatic heterocycles. The van der Waals surface area contributed by atoms with E-state index in [9.17, 15) is 0 Å². The third-order valence-corrected chi connectivity index (χ3v) is 4.15. The molecule has 0 radical (unpaired) electrons. The molecule has 4 heteroatoms. The molecule has 1 nitrogen and oxygen atoms in total. The van der Waals surface area contributed by atoms with Gasteiger partial charge in [0.1, 0.15) is 5.75 Å². The van der Waals surface area contributed by atoms with Crippen molar-refractivity contribution >= 4 is 44.8 Å². The van der Waals surface area contributed by atoms with Crippen molar-refractivity contribution in [2.75, 3.05) is 13.4 Å². The Hall–Kier alpha value is -0.380. The fraction of sp³-hybridized carbons (Fsp3) is 0.200. The molecule has 1 aromatic carbocycles. The molecule has 0 amide bonds. The van der Waals surface area contributed by atoms with Gasteiger partial charge in [0.05, 0.1) is 16.8 Å². The lowest BCUT2D eigenvalue weighted by Crippen LogP contribution is -1.85. The van der Waals surface area contributed by atoms with Gasteiger partial charge in [0.25, 0.3) is 0 Å². The van der Waals surface area contributed by atoms with Gasteiger partial charge in [-0.05, 0) is 23.8 Å². The molecular formula is C10H9ClOS2. The normalized spacial score (nSPS) is 10.8. The van der Waals surface area contributed by atoms with Gasteiger partial charge in [-0.2, -0.15) is 0 Å². The van der Waals surface area contributed by atoms with Crippen LogP contribution in [0.5, 0.6) is 5.75 Å². The maximum Gasteiger partial charge on any atom is 0.146 e. The summed E-state index contributed by atoms with van der Waals surface area (Å²) < 4.78 is 6.53. The first-order valence-electron chi connectivity index (χ1n) is 4.05. The van der Waals surface area contributed by atoms with Gasteiger partial charge in [-0.15, -0.1) is 23.1 Å². The Bertz CT molecular complexity index is 464. The Morgan fingerprint density at radius 3 is 2.93 bits per heavy atom. The minimum absolute atomic E-state index is 0.683. The lowest BCUT2D eigenvalue weighted by atomic mass is 10.2. The van der Waals surface area contributed by atoms with E-state index in [0.29, 0.717) is 5.02 Å². The highest BCUT2D eigenvalue weighted by Crippen LogP contribution is 2.41. The van der Waals surface area contributed by atoms with Crippen molar-refractivity contribution in [3.8, 4) is 5.75 Å². The molecule has 0 unspecified atom stereocenters. The number of benzene rings is 1. The standard InChI is InChI=1S/C10H9ClOS2/c1-12-9-6-3-4-14-10(6)8(13-2)5-7(9)11/h3-5H,1-2H3. The second-order valence-electron chi connectivity index (χ2n) is 2.76. The van der Waals surface area contributed by atoms with Gasteiger partial charge in [-0.1, -0.05) is 11.6 Å². The Balaban J connectivity index is 2.81. The summed E-state index contributed by atoms with van der Waals surface area (Å²) in [6, 6.07) is 4.01. The quantitative estimate of drug-likeness (QED) is 0.729. The zero-order valence-corrected chi connectivity index (χ0v) is 10.2. The highest BCUT2D eigenvalue weighted by atomic mass is 35.5. The molecule has 0 aliphatic rings. The second-order valence-corrected chi connectivity index (χ2v) is 4.93. The first-order chi connectivity index (χ1) is 6.77. The molecule has 2 aromatic rings. The van der Waals surface area contributed by atoms with Gasteiger partial charge in [0.2, 0.25) is 0 Å². The summed E-state index contributed by atoms with van der Waals surface area (Å²) in [6.07, 6.45) is 2.05. The van der Waals surface area contributed by atoms with Gasteiger partial charge >= 0.3 is 0 Å². The number of rotatable bonds is 2. The summed E-state index contributed by atoms with van der Waals surface area (Å²) in [5, 5.41) is 3.85. The molecular weight excluding hydrogens is 236 g/mol. The zero-order valence-electron chi connectivity index (χ0n) is 7.83. The van der Waals surface area contributed by atoms with Gasteiger partial charge < -0.3 is 4.74 Å². The number of methoxy groups -OCH3 is 1. The summed E-state index contributed by atoms with van der Waals surface area (Å²) in [7, 11) is 1.65. The van der Waals surface area contributed by atoms with E-state index in [2.05, 4.69) is 11.6 Å². The van der Waals surface area contributed by atoms with Crippen molar-refractivity contribution in [1.82, 2.24) is 0 Å². The average molecular weight is 245 g/mol. The molecule has 0 fully saturated rings. The zero-order chi connectivity index (χ0) is 10.1. The van der Waals surface area contributed by atoms with Crippen LogP contribution in [-0.2, 0) is 0 Å². The summed E-state index contributed by atoms with van der Waals surface area (Å²) in [5.41, 5.74) is 0. The van der Waals surface area contributed by atoms with E-state index in [4.69, 9.17) is 16.3 Å². The fourth-order valence-electron chi connectivity index (χ4n) is 1.41. The highest BCUT2D eigenvalue weighted by molar-refractivity contribution is 7.99. The Kier molecular flexibility index (Phi) is 2.91.